The van der Waals surface area contributed by atoms with Gasteiger partial charge in [0.25, 0.3) is 5.24 Å². The Labute approximate surface area is 187 Å². The molecule has 2 saturated heterocycles. The number of thiol groups is 1. The summed E-state index contributed by atoms with van der Waals surface area (Å²) in [6.45, 7) is 8.25. The van der Waals surface area contributed by atoms with Crippen molar-refractivity contribution in [2.75, 3.05) is 56.1 Å². The van der Waals surface area contributed by atoms with Gasteiger partial charge in [-0.05, 0) is 18.2 Å². The molecule has 10 heteroatoms. The minimum atomic E-state index is -0.577. The quantitative estimate of drug-likeness (QED) is 0.712. The van der Waals surface area contributed by atoms with E-state index in [-0.39, 0.29) is 19.0 Å². The number of ether oxygens (including phenoxy) is 1. The summed E-state index contributed by atoms with van der Waals surface area (Å²) in [7, 11) is 1.56. The number of amides is 3. The second kappa shape index (κ2) is 8.94. The average Bonchev–Trinajstić information content (AvgIpc) is 3.06. The van der Waals surface area contributed by atoms with Gasteiger partial charge in [0.15, 0.2) is 0 Å². The zero-order valence-corrected chi connectivity index (χ0v) is 19.2. The molecule has 1 atom stereocenters. The molecule has 1 aromatic carbocycles. The molecule has 0 radical (unpaired) electrons. The lowest BCUT2D eigenvalue weighted by Crippen LogP contribution is -2.51. The van der Waals surface area contributed by atoms with Crippen molar-refractivity contribution in [1.82, 2.24) is 9.80 Å². The van der Waals surface area contributed by atoms with E-state index in [1.165, 1.54) is 15.9 Å². The molecule has 0 bridgehead atoms. The molecule has 0 spiro atoms. The number of piperazine rings is 1. The molecule has 3 rings (SSSR count). The molecule has 1 unspecified atom stereocenters. The van der Waals surface area contributed by atoms with Gasteiger partial charge in [-0.15, -0.1) is 0 Å². The maximum atomic E-state index is 14.9. The second-order valence-electron chi connectivity index (χ2n) is 8.94. The Morgan fingerprint density at radius 2 is 1.87 bits per heavy atom. The molecule has 1 aromatic rings. The number of likely N-dealkylation sites (N-methyl/N-ethyl adjacent to an activating group) is 1. The number of cyclic esters (lactones) is 1. The third-order valence-corrected chi connectivity index (χ3v) is 5.81. The van der Waals surface area contributed by atoms with Gasteiger partial charge >= 0.3 is 6.09 Å². The van der Waals surface area contributed by atoms with Crippen molar-refractivity contribution in [1.29, 1.82) is 0 Å². The second-order valence-corrected chi connectivity index (χ2v) is 9.33. The fourth-order valence-electron chi connectivity index (χ4n) is 3.76. The standard InChI is InChI=1S/C21H29FN4O4S/c1-21(2,3)18(27)25-9-7-24(8-10-25)17-6-5-14(11-16(17)22)26-13-15(30-19(26)28)12-23(4)20(29)31/h5-6,11,15H,7-10,12-13H2,1-4H3,(H,29,31). The smallest absolute Gasteiger partial charge is 0.414 e. The molecule has 170 valence electrons. The summed E-state index contributed by atoms with van der Waals surface area (Å²) in [5, 5.41) is -0.422. The van der Waals surface area contributed by atoms with Gasteiger partial charge in [0.1, 0.15) is 11.9 Å². The molecule has 3 amide bonds. The van der Waals surface area contributed by atoms with Crippen molar-refractivity contribution >= 4 is 41.2 Å². The van der Waals surface area contributed by atoms with Gasteiger partial charge in [0.05, 0.1) is 24.5 Å². The van der Waals surface area contributed by atoms with Gasteiger partial charge in [-0.25, -0.2) is 9.18 Å². The van der Waals surface area contributed by atoms with Crippen LogP contribution >= 0.6 is 12.6 Å². The van der Waals surface area contributed by atoms with Gasteiger partial charge in [-0.2, -0.15) is 0 Å². The molecule has 0 saturated carbocycles. The molecular formula is C21H29FN4O4S. The highest BCUT2D eigenvalue weighted by Crippen LogP contribution is 2.29. The molecule has 31 heavy (non-hydrogen) atoms. The lowest BCUT2D eigenvalue weighted by molar-refractivity contribution is -0.139. The Bertz CT molecular complexity index is 867. The minimum Gasteiger partial charge on any atom is -0.442 e. The van der Waals surface area contributed by atoms with Crippen LogP contribution in [0.25, 0.3) is 0 Å². The zero-order valence-electron chi connectivity index (χ0n) is 18.3. The molecule has 8 nitrogen and oxygen atoms in total. The monoisotopic (exact) mass is 452 g/mol. The normalized spacial score (nSPS) is 19.5. The predicted molar refractivity (Wildman–Crippen MR) is 119 cm³/mol. The molecule has 2 aliphatic rings. The number of hydrogen-bond acceptors (Lipinski definition) is 5. The molecule has 0 aromatic heterocycles. The average molecular weight is 453 g/mol. The van der Waals surface area contributed by atoms with E-state index in [1.807, 2.05) is 30.6 Å². The van der Waals surface area contributed by atoms with E-state index in [9.17, 15) is 18.8 Å². The van der Waals surface area contributed by atoms with Crippen LogP contribution in [0.5, 0.6) is 0 Å². The largest absolute Gasteiger partial charge is 0.442 e. The molecule has 2 aliphatic heterocycles. The number of hydrogen-bond donors (Lipinski definition) is 1. The van der Waals surface area contributed by atoms with Crippen LogP contribution < -0.4 is 9.80 Å². The van der Waals surface area contributed by atoms with Crippen molar-refractivity contribution in [3.63, 3.8) is 0 Å². The van der Waals surface area contributed by atoms with Crippen LogP contribution in [0.15, 0.2) is 18.2 Å². The van der Waals surface area contributed by atoms with Gasteiger partial charge < -0.3 is 19.4 Å². The number of rotatable bonds is 4. The van der Waals surface area contributed by atoms with Gasteiger partial charge in [-0.1, -0.05) is 33.4 Å². The lowest BCUT2D eigenvalue weighted by Gasteiger charge is -2.38. The van der Waals surface area contributed by atoms with E-state index in [2.05, 4.69) is 12.6 Å². The van der Waals surface area contributed by atoms with E-state index in [0.29, 0.717) is 37.6 Å². The summed E-state index contributed by atoms with van der Waals surface area (Å²) in [5.74, 6) is -0.345. The van der Waals surface area contributed by atoms with Crippen LogP contribution in [0.3, 0.4) is 0 Å². The molecule has 2 fully saturated rings. The lowest BCUT2D eigenvalue weighted by atomic mass is 9.94. The van der Waals surface area contributed by atoms with E-state index >= 15 is 0 Å². The van der Waals surface area contributed by atoms with Crippen molar-refractivity contribution in [2.24, 2.45) is 5.41 Å². The first-order valence-corrected chi connectivity index (χ1v) is 10.7. The maximum absolute atomic E-state index is 14.9. The summed E-state index contributed by atoms with van der Waals surface area (Å²) >= 11 is 3.74. The Hall–Kier alpha value is -2.49. The van der Waals surface area contributed by atoms with Crippen molar-refractivity contribution < 1.29 is 23.5 Å². The predicted octanol–water partition coefficient (Wildman–Crippen LogP) is 2.83. The Kier molecular flexibility index (Phi) is 6.68. The molecular weight excluding hydrogens is 423 g/mol. The van der Waals surface area contributed by atoms with Gasteiger partial charge in [-0.3, -0.25) is 14.5 Å². The number of benzene rings is 1. The number of carbonyl (C=O) groups is 3. The first-order chi connectivity index (χ1) is 14.5. The van der Waals surface area contributed by atoms with Crippen LogP contribution in [0.4, 0.5) is 25.4 Å². The third kappa shape index (κ3) is 5.23. The summed E-state index contributed by atoms with van der Waals surface area (Å²) in [4.78, 5) is 42.4. The SMILES string of the molecule is CN(CC1CN(c2ccc(N3CCN(C(=O)C(C)(C)C)CC3)c(F)c2)C(=O)O1)C(=O)S. The number of nitrogens with zero attached hydrogens (tertiary/aromatic N) is 4. The minimum absolute atomic E-state index is 0.0929. The van der Waals surface area contributed by atoms with Crippen LogP contribution in [0.1, 0.15) is 20.8 Å². The van der Waals surface area contributed by atoms with E-state index in [1.54, 1.807) is 19.2 Å². The Balaban J connectivity index is 1.64. The number of halogens is 1. The summed E-state index contributed by atoms with van der Waals surface area (Å²) < 4.78 is 20.2. The molecule has 0 aliphatic carbocycles. The summed E-state index contributed by atoms with van der Waals surface area (Å²) in [6, 6.07) is 4.65. The Morgan fingerprint density at radius 1 is 1.23 bits per heavy atom. The van der Waals surface area contributed by atoms with Gasteiger partial charge in [0.2, 0.25) is 5.91 Å². The number of anilines is 2. The van der Waals surface area contributed by atoms with Crippen LogP contribution in [0.2, 0.25) is 0 Å². The van der Waals surface area contributed by atoms with E-state index in [4.69, 9.17) is 4.74 Å². The zero-order chi connectivity index (χ0) is 22.9. The number of carbonyl (C=O) groups excluding carboxylic acids is 3. The maximum Gasteiger partial charge on any atom is 0.414 e. The van der Waals surface area contributed by atoms with Crippen LogP contribution in [0, 0.1) is 11.2 Å². The third-order valence-electron chi connectivity index (χ3n) is 5.47. The van der Waals surface area contributed by atoms with Crippen molar-refractivity contribution in [3.05, 3.63) is 24.0 Å². The first kappa shape index (κ1) is 23.2. The van der Waals surface area contributed by atoms with Crippen LogP contribution in [-0.2, 0) is 9.53 Å². The van der Waals surface area contributed by atoms with Crippen LogP contribution in [-0.4, -0.2) is 79.5 Å². The summed E-state index contributed by atoms with van der Waals surface area (Å²) in [5.41, 5.74) is 0.401. The van der Waals surface area contributed by atoms with Gasteiger partial charge in [0, 0.05) is 38.6 Å². The van der Waals surface area contributed by atoms with Crippen molar-refractivity contribution in [2.45, 2.75) is 26.9 Å². The first-order valence-electron chi connectivity index (χ1n) is 10.2. The summed E-state index contributed by atoms with van der Waals surface area (Å²) in [6.07, 6.45) is -1.09. The highest BCUT2D eigenvalue weighted by Gasteiger charge is 2.34. The topological polar surface area (TPSA) is 73.4 Å². The van der Waals surface area contributed by atoms with E-state index < -0.39 is 28.7 Å². The molecule has 2 heterocycles. The highest BCUT2D eigenvalue weighted by atomic mass is 32.1. The fraction of sp³-hybridized carbons (Fsp3) is 0.571. The fourth-order valence-corrected chi connectivity index (χ4v) is 3.84. The Morgan fingerprint density at radius 3 is 2.42 bits per heavy atom. The highest BCUT2D eigenvalue weighted by molar-refractivity contribution is 7.96. The molecule has 0 N–H and O–H groups in total. The van der Waals surface area contributed by atoms with E-state index in [0.717, 1.165) is 0 Å². The van der Waals surface area contributed by atoms with Crippen molar-refractivity contribution in [3.8, 4) is 0 Å².